The van der Waals surface area contributed by atoms with Crippen LogP contribution in [0.3, 0.4) is 0 Å². The Balaban J connectivity index is 2.44. The van der Waals surface area contributed by atoms with Crippen molar-refractivity contribution in [2.75, 3.05) is 14.2 Å². The van der Waals surface area contributed by atoms with Crippen molar-refractivity contribution in [3.63, 3.8) is 0 Å². The quantitative estimate of drug-likeness (QED) is 0.778. The Labute approximate surface area is 140 Å². The molecule has 4 heteroatoms. The maximum atomic E-state index is 5.46. The molecule has 1 atom stereocenters. The molecule has 0 amide bonds. The molecule has 1 unspecified atom stereocenters. The van der Waals surface area contributed by atoms with E-state index in [0.29, 0.717) is 0 Å². The zero-order valence-electron chi connectivity index (χ0n) is 15.0. The van der Waals surface area contributed by atoms with Gasteiger partial charge in [-0.2, -0.15) is 0 Å². The fourth-order valence-corrected chi connectivity index (χ4v) is 6.17. The van der Waals surface area contributed by atoms with Crippen molar-refractivity contribution in [3.05, 3.63) is 48.2 Å². The molecular formula is C19H27NO2Si. The van der Waals surface area contributed by atoms with Crippen LogP contribution in [-0.2, 0) is 6.04 Å². The minimum absolute atomic E-state index is 0.203. The monoisotopic (exact) mass is 329 g/mol. The SMILES string of the molecule is COc1ccc(C[Si](C)(c2ccccn2)C(C)(C)C)cc1OC. The van der Waals surface area contributed by atoms with Gasteiger partial charge in [-0.25, -0.2) is 0 Å². The molecule has 0 fully saturated rings. The summed E-state index contributed by atoms with van der Waals surface area (Å²) < 4.78 is 10.8. The molecule has 23 heavy (non-hydrogen) atoms. The van der Waals surface area contributed by atoms with Gasteiger partial charge in [0, 0.05) is 11.5 Å². The summed E-state index contributed by atoms with van der Waals surface area (Å²) in [6, 6.07) is 13.5. The molecule has 1 aromatic carbocycles. The number of pyridine rings is 1. The van der Waals surface area contributed by atoms with Gasteiger partial charge >= 0.3 is 0 Å². The summed E-state index contributed by atoms with van der Waals surface area (Å²) in [6.45, 7) is 9.41. The van der Waals surface area contributed by atoms with Crippen molar-refractivity contribution >= 4 is 13.4 Å². The number of hydrogen-bond acceptors (Lipinski definition) is 3. The van der Waals surface area contributed by atoms with Gasteiger partial charge in [-0.15, -0.1) is 0 Å². The van der Waals surface area contributed by atoms with Crippen LogP contribution >= 0.6 is 0 Å². The van der Waals surface area contributed by atoms with Gasteiger partial charge in [0.15, 0.2) is 11.5 Å². The lowest BCUT2D eigenvalue weighted by molar-refractivity contribution is 0.354. The van der Waals surface area contributed by atoms with E-state index in [9.17, 15) is 0 Å². The molecule has 1 aromatic heterocycles. The first-order valence-electron chi connectivity index (χ1n) is 7.94. The first-order valence-corrected chi connectivity index (χ1v) is 10.6. The van der Waals surface area contributed by atoms with Crippen LogP contribution < -0.4 is 14.8 Å². The average Bonchev–Trinajstić information content (AvgIpc) is 2.54. The summed E-state index contributed by atoms with van der Waals surface area (Å²) in [5.41, 5.74) is 1.28. The van der Waals surface area contributed by atoms with Crippen LogP contribution in [0, 0.1) is 0 Å². The highest BCUT2D eigenvalue weighted by Gasteiger charge is 2.42. The van der Waals surface area contributed by atoms with E-state index in [1.807, 2.05) is 18.3 Å². The first kappa shape index (κ1) is 17.5. The van der Waals surface area contributed by atoms with E-state index >= 15 is 0 Å². The molecule has 0 aliphatic carbocycles. The van der Waals surface area contributed by atoms with E-state index in [0.717, 1.165) is 17.5 Å². The van der Waals surface area contributed by atoms with Gasteiger partial charge in [0.1, 0.15) is 8.07 Å². The van der Waals surface area contributed by atoms with E-state index in [4.69, 9.17) is 14.5 Å². The molecule has 1 heterocycles. The second-order valence-corrected chi connectivity index (χ2v) is 12.2. The van der Waals surface area contributed by atoms with Crippen molar-refractivity contribution in [3.8, 4) is 11.5 Å². The standard InChI is InChI=1S/C19H27NO2Si/c1-19(2,3)23(6,18-9-7-8-12-20-18)14-15-10-11-16(21-4)17(13-15)22-5/h7-13H,14H2,1-6H3. The van der Waals surface area contributed by atoms with Crippen LogP contribution in [0.4, 0.5) is 0 Å². The van der Waals surface area contributed by atoms with Crippen molar-refractivity contribution < 1.29 is 9.47 Å². The zero-order chi connectivity index (χ0) is 17.1. The molecule has 2 rings (SSSR count). The van der Waals surface area contributed by atoms with Crippen LogP contribution in [0.2, 0.25) is 11.6 Å². The molecule has 0 aliphatic rings. The number of rotatable bonds is 5. The summed E-state index contributed by atoms with van der Waals surface area (Å²) in [7, 11) is 1.51. The highest BCUT2D eigenvalue weighted by molar-refractivity contribution is 6.92. The van der Waals surface area contributed by atoms with Crippen molar-refractivity contribution in [2.24, 2.45) is 0 Å². The second kappa shape index (κ2) is 6.75. The lowest BCUT2D eigenvalue weighted by atomic mass is 10.2. The Morgan fingerprint density at radius 3 is 2.22 bits per heavy atom. The molecule has 0 radical (unpaired) electrons. The molecule has 2 aromatic rings. The van der Waals surface area contributed by atoms with Crippen molar-refractivity contribution in [2.45, 2.75) is 38.4 Å². The van der Waals surface area contributed by atoms with E-state index < -0.39 is 8.07 Å². The largest absolute Gasteiger partial charge is 0.493 e. The summed E-state index contributed by atoms with van der Waals surface area (Å²) in [5.74, 6) is 1.56. The summed E-state index contributed by atoms with van der Waals surface area (Å²) in [6.07, 6.45) is 1.90. The Kier molecular flexibility index (Phi) is 5.15. The second-order valence-electron chi connectivity index (χ2n) is 7.16. The molecule has 0 bridgehead atoms. The number of benzene rings is 1. The summed E-state index contributed by atoms with van der Waals surface area (Å²) in [5, 5.41) is 1.46. The number of nitrogens with zero attached hydrogens (tertiary/aromatic N) is 1. The molecule has 0 N–H and O–H groups in total. The molecular weight excluding hydrogens is 302 g/mol. The average molecular weight is 330 g/mol. The Bertz CT molecular complexity index is 652. The minimum atomic E-state index is -1.84. The number of aromatic nitrogens is 1. The fourth-order valence-electron chi connectivity index (χ4n) is 2.83. The third-order valence-electron chi connectivity index (χ3n) is 4.89. The van der Waals surface area contributed by atoms with Crippen LogP contribution in [0.5, 0.6) is 11.5 Å². The van der Waals surface area contributed by atoms with E-state index in [2.05, 4.69) is 51.6 Å². The predicted molar refractivity (Wildman–Crippen MR) is 98.5 cm³/mol. The minimum Gasteiger partial charge on any atom is -0.493 e. The number of methoxy groups -OCH3 is 2. The van der Waals surface area contributed by atoms with Crippen molar-refractivity contribution in [1.29, 1.82) is 0 Å². The Morgan fingerprint density at radius 2 is 1.70 bits per heavy atom. The summed E-state index contributed by atoms with van der Waals surface area (Å²) >= 11 is 0. The van der Waals surface area contributed by atoms with Gasteiger partial charge in [-0.3, -0.25) is 4.98 Å². The molecule has 0 saturated carbocycles. The summed E-state index contributed by atoms with van der Waals surface area (Å²) in [4.78, 5) is 4.70. The Morgan fingerprint density at radius 1 is 1.00 bits per heavy atom. The highest BCUT2D eigenvalue weighted by atomic mass is 28.3. The number of ether oxygens (including phenoxy) is 2. The lowest BCUT2D eigenvalue weighted by Crippen LogP contribution is -2.55. The van der Waals surface area contributed by atoms with Crippen LogP contribution in [-0.4, -0.2) is 27.3 Å². The third kappa shape index (κ3) is 3.58. The first-order chi connectivity index (χ1) is 10.8. The van der Waals surface area contributed by atoms with Crippen LogP contribution in [0.25, 0.3) is 0 Å². The van der Waals surface area contributed by atoms with Crippen LogP contribution in [0.1, 0.15) is 26.3 Å². The molecule has 0 aliphatic heterocycles. The predicted octanol–water partition coefficient (Wildman–Crippen LogP) is 3.97. The normalized spacial score (nSPS) is 14.2. The van der Waals surface area contributed by atoms with Crippen LogP contribution in [0.15, 0.2) is 42.6 Å². The fraction of sp³-hybridized carbons (Fsp3) is 0.421. The molecule has 0 spiro atoms. The van der Waals surface area contributed by atoms with Gasteiger partial charge in [-0.05, 0) is 40.9 Å². The zero-order valence-corrected chi connectivity index (χ0v) is 16.0. The van der Waals surface area contributed by atoms with E-state index in [1.54, 1.807) is 14.2 Å². The third-order valence-corrected chi connectivity index (χ3v) is 10.7. The van der Waals surface area contributed by atoms with Gasteiger partial charge in [0.2, 0.25) is 0 Å². The van der Waals surface area contributed by atoms with Gasteiger partial charge < -0.3 is 9.47 Å². The topological polar surface area (TPSA) is 31.4 Å². The lowest BCUT2D eigenvalue weighted by Gasteiger charge is -2.39. The maximum absolute atomic E-state index is 5.46. The van der Waals surface area contributed by atoms with E-state index in [1.165, 1.54) is 10.9 Å². The van der Waals surface area contributed by atoms with Crippen molar-refractivity contribution in [1.82, 2.24) is 4.98 Å². The number of hydrogen-bond donors (Lipinski definition) is 0. The van der Waals surface area contributed by atoms with Gasteiger partial charge in [0.05, 0.1) is 14.2 Å². The van der Waals surface area contributed by atoms with Gasteiger partial charge in [-0.1, -0.05) is 39.5 Å². The van der Waals surface area contributed by atoms with E-state index in [-0.39, 0.29) is 5.04 Å². The molecule has 3 nitrogen and oxygen atoms in total. The molecule has 0 saturated heterocycles. The molecule has 124 valence electrons. The maximum Gasteiger partial charge on any atom is 0.160 e. The Hall–Kier alpha value is -1.81. The van der Waals surface area contributed by atoms with Gasteiger partial charge in [0.25, 0.3) is 0 Å². The highest BCUT2D eigenvalue weighted by Crippen LogP contribution is 2.38. The smallest absolute Gasteiger partial charge is 0.160 e.